The normalized spacial score (nSPS) is 13.8. The number of non-ortho nitro benzene ring substituents is 1. The maximum Gasteiger partial charge on any atom is 0.373 e. The van der Waals surface area contributed by atoms with Gasteiger partial charge in [0.05, 0.1) is 18.6 Å². The van der Waals surface area contributed by atoms with Crippen LogP contribution >= 0.6 is 0 Å². The molecule has 3 aromatic rings. The number of anilines is 1. The third kappa shape index (κ3) is 6.25. The van der Waals surface area contributed by atoms with Crippen molar-refractivity contribution in [3.8, 4) is 5.75 Å². The maximum absolute atomic E-state index is 13.1. The van der Waals surface area contributed by atoms with Crippen LogP contribution in [-0.2, 0) is 20.9 Å². The molecule has 200 valence electrons. The monoisotopic (exact) mass is 538 g/mol. The molecule has 4 rings (SSSR count). The molecule has 0 spiro atoms. The number of halogens is 1. The Bertz CT molecular complexity index is 1500. The van der Waals surface area contributed by atoms with Crippen molar-refractivity contribution in [2.24, 2.45) is 0 Å². The highest BCUT2D eigenvalue weighted by atomic mass is 19.1. The second-order valence-corrected chi connectivity index (χ2v) is 7.96. The number of nitrogens with zero attached hydrogens (tertiary/aromatic N) is 2. The first-order chi connectivity index (χ1) is 18.6. The van der Waals surface area contributed by atoms with Crippen LogP contribution < -0.4 is 15.4 Å². The van der Waals surface area contributed by atoms with Crippen LogP contribution in [0.15, 0.2) is 64.7 Å². The van der Waals surface area contributed by atoms with Crippen molar-refractivity contribution < 1.29 is 42.4 Å². The molecule has 13 nitrogen and oxygen atoms in total. The molecule has 39 heavy (non-hydrogen) atoms. The first kappa shape index (κ1) is 26.5. The first-order valence-corrected chi connectivity index (χ1v) is 11.1. The molecule has 0 saturated carbocycles. The number of nitrogens with one attached hydrogen (secondary N) is 2. The Balaban J connectivity index is 1.51. The van der Waals surface area contributed by atoms with Crippen molar-refractivity contribution >= 4 is 41.3 Å². The number of nitro groups is 1. The van der Waals surface area contributed by atoms with E-state index >= 15 is 0 Å². The van der Waals surface area contributed by atoms with Crippen LogP contribution in [0.25, 0.3) is 6.08 Å². The van der Waals surface area contributed by atoms with E-state index < -0.39 is 41.2 Å². The van der Waals surface area contributed by atoms with Crippen molar-refractivity contribution in [1.29, 1.82) is 0 Å². The Kier molecular flexibility index (Phi) is 7.65. The SMILES string of the molecule is COC(=O)c1ccc(CN2C(=O)N/C(=C\c3cc([N+](=O)[O-])ccc3OCC(=O)Nc3ccc(F)cc3)C2=O)o1. The van der Waals surface area contributed by atoms with Crippen LogP contribution in [0.3, 0.4) is 0 Å². The highest BCUT2D eigenvalue weighted by Crippen LogP contribution is 2.28. The van der Waals surface area contributed by atoms with E-state index in [2.05, 4.69) is 15.4 Å². The average Bonchev–Trinajstić information content (AvgIpc) is 3.49. The molecule has 2 heterocycles. The van der Waals surface area contributed by atoms with Crippen LogP contribution in [0, 0.1) is 15.9 Å². The molecular formula is C25H19FN4O9. The van der Waals surface area contributed by atoms with E-state index in [4.69, 9.17) is 9.15 Å². The average molecular weight is 538 g/mol. The topological polar surface area (TPSA) is 170 Å². The Morgan fingerprint density at radius 2 is 1.90 bits per heavy atom. The predicted octanol–water partition coefficient (Wildman–Crippen LogP) is 3.22. The van der Waals surface area contributed by atoms with Crippen molar-refractivity contribution in [2.45, 2.75) is 6.54 Å². The predicted molar refractivity (Wildman–Crippen MR) is 131 cm³/mol. The summed E-state index contributed by atoms with van der Waals surface area (Å²) in [6.07, 6.45) is 1.17. The number of nitro benzene ring substituents is 1. The standard InChI is InChI=1S/C25H19FN4O9/c1-37-24(33)21-9-7-18(39-21)12-29-23(32)19(28-25(29)34)11-14-10-17(30(35)36)6-8-20(14)38-13-22(31)27-16-4-2-15(26)3-5-16/h2-11H,12-13H2,1H3,(H,27,31)(H,28,34)/b19-11-. The van der Waals surface area contributed by atoms with Gasteiger partial charge in [-0.25, -0.2) is 14.0 Å². The van der Waals surface area contributed by atoms with Crippen LogP contribution in [-0.4, -0.2) is 47.4 Å². The molecule has 1 saturated heterocycles. The fourth-order valence-electron chi connectivity index (χ4n) is 3.47. The van der Waals surface area contributed by atoms with E-state index in [1.165, 1.54) is 43.5 Å². The minimum atomic E-state index is -0.797. The van der Waals surface area contributed by atoms with Crippen molar-refractivity contribution in [3.63, 3.8) is 0 Å². The van der Waals surface area contributed by atoms with Gasteiger partial charge in [-0.15, -0.1) is 0 Å². The lowest BCUT2D eigenvalue weighted by atomic mass is 10.1. The maximum atomic E-state index is 13.1. The molecule has 1 aliphatic heterocycles. The Hall–Kier alpha value is -5.53. The highest BCUT2D eigenvalue weighted by Gasteiger charge is 2.34. The third-order valence-electron chi connectivity index (χ3n) is 5.32. The van der Waals surface area contributed by atoms with E-state index in [-0.39, 0.29) is 40.8 Å². The second kappa shape index (κ2) is 11.2. The summed E-state index contributed by atoms with van der Waals surface area (Å²) in [5, 5.41) is 16.2. The second-order valence-electron chi connectivity index (χ2n) is 7.96. The number of benzene rings is 2. The molecule has 1 fully saturated rings. The summed E-state index contributed by atoms with van der Waals surface area (Å²) in [5.41, 5.74) is -0.189. The molecule has 14 heteroatoms. The van der Waals surface area contributed by atoms with Gasteiger partial charge in [0.1, 0.15) is 23.0 Å². The van der Waals surface area contributed by atoms with Gasteiger partial charge in [0.2, 0.25) is 5.76 Å². The van der Waals surface area contributed by atoms with Gasteiger partial charge >= 0.3 is 12.0 Å². The van der Waals surface area contributed by atoms with Crippen molar-refractivity contribution in [3.05, 3.63) is 93.3 Å². The fourth-order valence-corrected chi connectivity index (χ4v) is 3.47. The molecule has 2 aromatic carbocycles. The minimum Gasteiger partial charge on any atom is -0.483 e. The van der Waals surface area contributed by atoms with Gasteiger partial charge in [0, 0.05) is 23.4 Å². The Morgan fingerprint density at radius 1 is 1.15 bits per heavy atom. The molecule has 0 radical (unpaired) electrons. The van der Waals surface area contributed by atoms with Crippen molar-refractivity contribution in [1.82, 2.24) is 10.2 Å². The number of carbonyl (C=O) groups excluding carboxylic acids is 4. The zero-order valence-corrected chi connectivity index (χ0v) is 20.1. The number of hydrogen-bond acceptors (Lipinski definition) is 9. The lowest BCUT2D eigenvalue weighted by Gasteiger charge is -2.11. The lowest BCUT2D eigenvalue weighted by molar-refractivity contribution is -0.384. The largest absolute Gasteiger partial charge is 0.483 e. The van der Waals surface area contributed by atoms with Gasteiger partial charge in [-0.2, -0.15) is 0 Å². The van der Waals surface area contributed by atoms with Gasteiger partial charge in [0.25, 0.3) is 17.5 Å². The van der Waals surface area contributed by atoms with Gasteiger partial charge in [-0.1, -0.05) is 0 Å². The zero-order valence-electron chi connectivity index (χ0n) is 20.1. The van der Waals surface area contributed by atoms with Crippen LogP contribution in [0.2, 0.25) is 0 Å². The molecule has 0 aliphatic carbocycles. The number of amides is 4. The zero-order chi connectivity index (χ0) is 28.1. The summed E-state index contributed by atoms with van der Waals surface area (Å²) in [5.74, 6) is -2.55. The third-order valence-corrected chi connectivity index (χ3v) is 5.32. The molecular weight excluding hydrogens is 519 g/mol. The number of hydrogen-bond donors (Lipinski definition) is 2. The molecule has 4 amide bonds. The highest BCUT2D eigenvalue weighted by molar-refractivity contribution is 6.14. The van der Waals surface area contributed by atoms with Crippen LogP contribution in [0.5, 0.6) is 5.75 Å². The quantitative estimate of drug-likeness (QED) is 0.136. The molecule has 0 unspecified atom stereocenters. The number of ether oxygens (including phenoxy) is 2. The Labute approximate surface area is 218 Å². The minimum absolute atomic E-state index is 0.0107. The number of urea groups is 1. The van der Waals surface area contributed by atoms with E-state index in [9.17, 15) is 33.7 Å². The van der Waals surface area contributed by atoms with E-state index in [0.29, 0.717) is 5.69 Å². The number of esters is 1. The molecule has 1 aromatic heterocycles. The number of furan rings is 1. The van der Waals surface area contributed by atoms with Crippen molar-refractivity contribution in [2.75, 3.05) is 19.0 Å². The van der Waals surface area contributed by atoms with Crippen LogP contribution in [0.1, 0.15) is 21.9 Å². The van der Waals surface area contributed by atoms with Gasteiger partial charge < -0.3 is 24.5 Å². The fraction of sp³-hybridized carbons (Fsp3) is 0.120. The summed E-state index contributed by atoms with van der Waals surface area (Å²) >= 11 is 0. The summed E-state index contributed by atoms with van der Waals surface area (Å²) in [6, 6.07) is 10.5. The van der Waals surface area contributed by atoms with E-state index in [0.717, 1.165) is 29.2 Å². The molecule has 0 bridgehead atoms. The van der Waals surface area contributed by atoms with Gasteiger partial charge in [0.15, 0.2) is 6.61 Å². The van der Waals surface area contributed by atoms with E-state index in [1.807, 2.05) is 0 Å². The number of imide groups is 1. The van der Waals surface area contributed by atoms with Crippen LogP contribution in [0.4, 0.5) is 20.6 Å². The summed E-state index contributed by atoms with van der Waals surface area (Å²) < 4.78 is 28.4. The Morgan fingerprint density at radius 3 is 2.59 bits per heavy atom. The number of rotatable bonds is 9. The summed E-state index contributed by atoms with van der Waals surface area (Å²) in [7, 11) is 1.17. The van der Waals surface area contributed by atoms with Gasteiger partial charge in [-0.05, 0) is 48.5 Å². The summed E-state index contributed by atoms with van der Waals surface area (Å²) in [4.78, 5) is 60.7. The molecule has 0 atom stereocenters. The molecule has 1 aliphatic rings. The summed E-state index contributed by atoms with van der Waals surface area (Å²) in [6.45, 7) is -0.820. The van der Waals surface area contributed by atoms with Gasteiger partial charge in [-0.3, -0.25) is 24.6 Å². The smallest absolute Gasteiger partial charge is 0.373 e. The molecule has 2 N–H and O–H groups in total. The first-order valence-electron chi connectivity index (χ1n) is 11.1. The number of carbonyl (C=O) groups is 4. The van der Waals surface area contributed by atoms with E-state index in [1.54, 1.807) is 0 Å². The number of methoxy groups -OCH3 is 1. The lowest BCUT2D eigenvalue weighted by Crippen LogP contribution is -2.30.